The van der Waals surface area contributed by atoms with Crippen molar-refractivity contribution in [3.8, 4) is 0 Å². The number of benzene rings is 1. The summed E-state index contributed by atoms with van der Waals surface area (Å²) in [7, 11) is -4.45. The van der Waals surface area contributed by atoms with E-state index in [1.165, 1.54) is 12.1 Å². The molecule has 0 amide bonds. The van der Waals surface area contributed by atoms with Gasteiger partial charge in [0.05, 0.1) is 25.7 Å². The first kappa shape index (κ1) is 28.4. The van der Waals surface area contributed by atoms with Crippen LogP contribution in [0.4, 0.5) is 0 Å². The third kappa shape index (κ3) is 2.41. The molecule has 4 bridgehead atoms. The molecule has 1 aromatic rings. The minimum atomic E-state index is -4.45. The van der Waals surface area contributed by atoms with Gasteiger partial charge >= 0.3 is 16.1 Å². The number of allylic oxidation sites excluding steroid dienone is 4. The van der Waals surface area contributed by atoms with Crippen molar-refractivity contribution in [3.63, 3.8) is 0 Å². The summed E-state index contributed by atoms with van der Waals surface area (Å²) < 4.78 is 25.9. The number of carbonyl (C=O) groups is 1. The highest BCUT2D eigenvalue weighted by atomic mass is 35.5. The zero-order valence-electron chi connectivity index (χ0n) is 17.5. The Labute approximate surface area is 275 Å². The molecular formula is C21H6Cl12O4S. The van der Waals surface area contributed by atoms with Crippen LogP contribution < -0.4 is 0 Å². The number of hydrogen-bond donors (Lipinski definition) is 0. The molecule has 7 rings (SSSR count). The van der Waals surface area contributed by atoms with E-state index in [-0.39, 0.29) is 31.3 Å². The van der Waals surface area contributed by atoms with Gasteiger partial charge in [-0.05, 0) is 23.3 Å². The molecule has 0 radical (unpaired) electrons. The summed E-state index contributed by atoms with van der Waals surface area (Å²) in [5.74, 6) is -5.15. The lowest BCUT2D eigenvalue weighted by molar-refractivity contribution is 0.0762. The van der Waals surface area contributed by atoms with Crippen molar-refractivity contribution < 1.29 is 17.4 Å². The van der Waals surface area contributed by atoms with E-state index >= 15 is 0 Å². The number of halogens is 12. The summed E-state index contributed by atoms with van der Waals surface area (Å²) in [5.41, 5.74) is 0.302. The first-order valence-corrected chi connectivity index (χ1v) is 16.5. The third-order valence-corrected chi connectivity index (χ3v) is 18.7. The number of hydrogen-bond acceptors (Lipinski definition) is 4. The molecule has 1 heterocycles. The van der Waals surface area contributed by atoms with Crippen LogP contribution in [-0.2, 0) is 14.3 Å². The van der Waals surface area contributed by atoms with E-state index in [2.05, 4.69) is 4.18 Å². The molecule has 0 N–H and O–H groups in total. The summed E-state index contributed by atoms with van der Waals surface area (Å²) in [6.07, 6.45) is 0. The molecule has 1 aliphatic heterocycles. The first-order valence-electron chi connectivity index (χ1n) is 10.5. The van der Waals surface area contributed by atoms with Crippen LogP contribution in [0.1, 0.15) is 33.3 Å². The summed E-state index contributed by atoms with van der Waals surface area (Å²) in [4.78, 5) is 4.64. The molecule has 1 aromatic carbocycles. The van der Waals surface area contributed by atoms with Crippen molar-refractivity contribution in [2.24, 2.45) is 11.8 Å². The Morgan fingerprint density at radius 1 is 0.632 bits per heavy atom. The van der Waals surface area contributed by atoms with Crippen LogP contribution in [0.15, 0.2) is 37.2 Å². The molecule has 0 spiro atoms. The van der Waals surface area contributed by atoms with Gasteiger partial charge in [0.1, 0.15) is 24.4 Å². The van der Waals surface area contributed by atoms with E-state index in [0.717, 1.165) is 0 Å². The first-order chi connectivity index (χ1) is 17.2. The van der Waals surface area contributed by atoms with E-state index in [0.29, 0.717) is 5.56 Å². The zero-order chi connectivity index (χ0) is 28.1. The smallest absolute Gasteiger partial charge is 0.338 e. The molecule has 2 saturated carbocycles. The van der Waals surface area contributed by atoms with Crippen molar-refractivity contribution in [1.29, 1.82) is 0 Å². The predicted molar refractivity (Wildman–Crippen MR) is 152 cm³/mol. The highest BCUT2D eigenvalue weighted by Crippen LogP contribution is 2.88. The Morgan fingerprint density at radius 2 is 1.00 bits per heavy atom. The summed E-state index contributed by atoms with van der Waals surface area (Å²) in [6, 6.07) is 2.55. The summed E-state index contributed by atoms with van der Waals surface area (Å²) in [6.45, 7) is 0. The fourth-order valence-corrected chi connectivity index (χ4v) is 14.6. The fourth-order valence-electron chi connectivity index (χ4n) is 7.48. The molecule has 0 saturated heterocycles. The number of fused-ring (bicyclic) bond motifs is 15. The average molecular weight is 780 g/mol. The maximum absolute atomic E-state index is 12.7. The highest BCUT2D eigenvalue weighted by Gasteiger charge is 2.91. The van der Waals surface area contributed by atoms with Crippen molar-refractivity contribution in [3.05, 3.63) is 49.0 Å². The van der Waals surface area contributed by atoms with Gasteiger partial charge in [-0.1, -0.05) is 92.8 Å². The van der Waals surface area contributed by atoms with Gasteiger partial charge in [0, 0.05) is 23.7 Å². The van der Waals surface area contributed by atoms with Crippen LogP contribution >= 0.6 is 139 Å². The summed E-state index contributed by atoms with van der Waals surface area (Å²) in [5, 5.41) is -0.529. The normalized spacial score (nSPS) is 47.7. The zero-order valence-corrected chi connectivity index (χ0v) is 27.4. The topological polar surface area (TPSA) is 60.4 Å². The lowest BCUT2D eigenvalue weighted by Crippen LogP contribution is -2.53. The number of carbonyl (C=O) groups excluding carboxylic acids is 1. The molecule has 8 atom stereocenters. The molecule has 6 aliphatic rings. The van der Waals surface area contributed by atoms with Gasteiger partial charge in [0.25, 0.3) is 0 Å². The van der Waals surface area contributed by atoms with Crippen LogP contribution in [0.25, 0.3) is 0 Å². The molecule has 17 heteroatoms. The van der Waals surface area contributed by atoms with E-state index in [1.807, 2.05) is 0 Å². The molecular weight excluding hydrogens is 774 g/mol. The predicted octanol–water partition coefficient (Wildman–Crippen LogP) is 8.65. The van der Waals surface area contributed by atoms with Gasteiger partial charge in [-0.25, -0.2) is 4.79 Å². The van der Waals surface area contributed by atoms with Crippen LogP contribution in [0, 0.1) is 11.8 Å². The van der Waals surface area contributed by atoms with Crippen molar-refractivity contribution in [2.45, 2.75) is 44.9 Å². The fraction of sp³-hybridized carbons (Fsp3) is 0.476. The van der Waals surface area contributed by atoms with Crippen LogP contribution in [0.2, 0.25) is 0 Å². The Bertz CT molecular complexity index is 1640. The van der Waals surface area contributed by atoms with Gasteiger partial charge in [0.2, 0.25) is 0 Å². The second-order valence-corrected chi connectivity index (χ2v) is 18.1. The van der Waals surface area contributed by atoms with E-state index in [1.54, 1.807) is 0 Å². The van der Waals surface area contributed by atoms with Crippen LogP contribution in [0.5, 0.6) is 0 Å². The van der Waals surface area contributed by atoms with Gasteiger partial charge < -0.3 is 4.18 Å². The summed E-state index contributed by atoms with van der Waals surface area (Å²) >= 11 is 83.3. The molecule has 204 valence electrons. The molecule has 4 nitrogen and oxygen atoms in total. The number of rotatable bonds is 0. The molecule has 5 aliphatic carbocycles. The monoisotopic (exact) mass is 774 g/mol. The van der Waals surface area contributed by atoms with Crippen LogP contribution in [0.3, 0.4) is 0 Å². The Kier molecular flexibility index (Phi) is 5.56. The van der Waals surface area contributed by atoms with Crippen LogP contribution in [-0.4, -0.2) is 42.6 Å². The quantitative estimate of drug-likeness (QED) is 0.196. The van der Waals surface area contributed by atoms with Crippen molar-refractivity contribution in [2.75, 3.05) is 0 Å². The maximum Gasteiger partial charge on any atom is 0.355 e. The van der Waals surface area contributed by atoms with E-state index in [4.69, 9.17) is 139 Å². The largest absolute Gasteiger partial charge is 0.355 e. The van der Waals surface area contributed by atoms with Gasteiger partial charge in [-0.2, -0.15) is 8.42 Å². The van der Waals surface area contributed by atoms with Gasteiger partial charge in [0.15, 0.2) is 8.67 Å². The Hall–Kier alpha value is 1.60. The molecule has 2 fully saturated rings. The van der Waals surface area contributed by atoms with E-state index in [9.17, 15) is 13.2 Å². The minimum absolute atomic E-state index is 0.125. The van der Waals surface area contributed by atoms with Crippen molar-refractivity contribution >= 4 is 155 Å². The molecule has 38 heavy (non-hydrogen) atoms. The second-order valence-electron chi connectivity index (χ2n) is 10.1. The van der Waals surface area contributed by atoms with E-state index < -0.39 is 72.8 Å². The lowest BCUT2D eigenvalue weighted by atomic mass is 9.57. The standard InChI is InChI=1S/C21H6Cl12O4S/c22-11-13(24)18(28)9-7(16(11,26)20(18,30)31)3-1-5-6(38(35,36)37-15(5)34)2-4(3)8-10(9)19(29)14(25)12(23)17(8,27)21(19,32)33/h1-2,7-10H/t7-,8-,9-,10+,16-,17-,18-,19-/m1/s1. The Balaban J connectivity index is 1.67. The van der Waals surface area contributed by atoms with Gasteiger partial charge in [-0.3, -0.25) is 0 Å². The molecule has 0 unspecified atom stereocenters. The number of alkyl halides is 8. The second kappa shape index (κ2) is 7.45. The average Bonchev–Trinajstić information content (AvgIpc) is 3.28. The third-order valence-electron chi connectivity index (χ3n) is 8.90. The molecule has 0 aromatic heterocycles. The minimum Gasteiger partial charge on any atom is -0.338 e. The highest BCUT2D eigenvalue weighted by molar-refractivity contribution is 7.87. The lowest BCUT2D eigenvalue weighted by Gasteiger charge is -2.52. The maximum atomic E-state index is 12.7. The Morgan fingerprint density at radius 3 is 1.42 bits per heavy atom. The van der Waals surface area contributed by atoms with Gasteiger partial charge in [-0.15, -0.1) is 46.4 Å². The van der Waals surface area contributed by atoms with Crippen molar-refractivity contribution in [1.82, 2.24) is 0 Å². The SMILES string of the molecule is O=C1OS(=O)(=O)c2cc3c(cc21)[C@@H]1[C@H]([C@@H]2[C@@H]3[C@@]3(Cl)C(Cl)=C(Cl)[C@@]2(Cl)C3(Cl)Cl)[C@@]2(Cl)C(Cl)=C(Cl)[C@@]1(Cl)C2(Cl)Cl.